The molecule has 3 aromatic rings. The number of pyridine rings is 1. The maximum atomic E-state index is 13.6. The molecular weight excluding hydrogens is 379 g/mol. The van der Waals surface area contributed by atoms with E-state index in [4.69, 9.17) is 0 Å². The summed E-state index contributed by atoms with van der Waals surface area (Å²) in [7, 11) is 0. The molecule has 27 heavy (non-hydrogen) atoms. The summed E-state index contributed by atoms with van der Waals surface area (Å²) >= 11 is 1.37. The zero-order valence-electron chi connectivity index (χ0n) is 13.8. The maximum absolute atomic E-state index is 13.6. The van der Waals surface area contributed by atoms with Crippen molar-refractivity contribution in [2.24, 2.45) is 0 Å². The Morgan fingerprint density at radius 3 is 2.81 bits per heavy atom. The van der Waals surface area contributed by atoms with Gasteiger partial charge in [0.1, 0.15) is 11.4 Å². The van der Waals surface area contributed by atoms with Crippen LogP contribution in [0.2, 0.25) is 0 Å². The number of alkyl halides is 3. The van der Waals surface area contributed by atoms with Gasteiger partial charge in [-0.15, -0.1) is 11.3 Å². The monoisotopic (exact) mass is 393 g/mol. The third-order valence-electron chi connectivity index (χ3n) is 4.29. The summed E-state index contributed by atoms with van der Waals surface area (Å²) in [6.45, 7) is 0. The quantitative estimate of drug-likeness (QED) is 0.698. The predicted molar refractivity (Wildman–Crippen MR) is 94.8 cm³/mol. The predicted octanol–water partition coefficient (Wildman–Crippen LogP) is 4.25. The number of hydrogen-bond donors (Lipinski definition) is 2. The lowest BCUT2D eigenvalue weighted by atomic mass is 10.0. The van der Waals surface area contributed by atoms with Crippen LogP contribution in [0.15, 0.2) is 48.2 Å². The van der Waals surface area contributed by atoms with Crippen molar-refractivity contribution in [3.63, 3.8) is 0 Å². The molecule has 2 unspecified atom stereocenters. The van der Waals surface area contributed by atoms with Gasteiger partial charge in [-0.05, 0) is 23.6 Å². The molecule has 0 radical (unpaired) electrons. The third-order valence-corrected chi connectivity index (χ3v) is 5.28. The number of rotatable bonds is 3. The maximum Gasteiger partial charge on any atom is 0.410 e. The van der Waals surface area contributed by atoms with Gasteiger partial charge >= 0.3 is 6.18 Å². The Hall–Kier alpha value is -2.88. The molecule has 0 bridgehead atoms. The molecule has 2 atom stereocenters. The van der Waals surface area contributed by atoms with Gasteiger partial charge in [-0.1, -0.05) is 6.07 Å². The molecule has 1 aliphatic heterocycles. The molecule has 0 saturated carbocycles. The van der Waals surface area contributed by atoms with Crippen LogP contribution in [0.3, 0.4) is 0 Å². The molecule has 0 aromatic carbocycles. The zero-order chi connectivity index (χ0) is 19.0. The summed E-state index contributed by atoms with van der Waals surface area (Å²) in [5, 5.41) is 11.3. The van der Waals surface area contributed by atoms with Crippen molar-refractivity contribution >= 4 is 28.7 Å². The van der Waals surface area contributed by atoms with E-state index in [1.807, 2.05) is 5.38 Å². The number of nitrogens with zero attached hydrogens (tertiary/aromatic N) is 3. The number of carbonyl (C=O) groups excluding carboxylic acids is 1. The number of hydrogen-bond acceptors (Lipinski definition) is 5. The number of carbonyl (C=O) groups is 1. The smallest absolute Gasteiger partial charge is 0.362 e. The first-order valence-corrected chi connectivity index (χ1v) is 8.97. The first kappa shape index (κ1) is 17.5. The SMILES string of the molecule is O=C(Nc1cccnc1)c1cnn2c1NC(c1cccs1)CC2C(F)(F)F. The summed E-state index contributed by atoms with van der Waals surface area (Å²) in [6.07, 6.45) is -0.506. The molecule has 1 aliphatic rings. The summed E-state index contributed by atoms with van der Waals surface area (Å²) in [4.78, 5) is 17.3. The highest BCUT2D eigenvalue weighted by molar-refractivity contribution is 7.10. The van der Waals surface area contributed by atoms with Crippen LogP contribution in [0.25, 0.3) is 0 Å². The van der Waals surface area contributed by atoms with E-state index in [2.05, 4.69) is 20.7 Å². The second-order valence-electron chi connectivity index (χ2n) is 6.05. The van der Waals surface area contributed by atoms with Crippen LogP contribution in [0.5, 0.6) is 0 Å². The van der Waals surface area contributed by atoms with Gasteiger partial charge in [-0.25, -0.2) is 4.68 Å². The summed E-state index contributed by atoms with van der Waals surface area (Å²) in [5.74, 6) is -0.493. The van der Waals surface area contributed by atoms with Gasteiger partial charge in [0.05, 0.1) is 24.1 Å². The van der Waals surface area contributed by atoms with E-state index in [-0.39, 0.29) is 17.8 Å². The summed E-state index contributed by atoms with van der Waals surface area (Å²) in [5.41, 5.74) is 0.495. The van der Waals surface area contributed by atoms with Gasteiger partial charge in [0.25, 0.3) is 5.91 Å². The van der Waals surface area contributed by atoms with E-state index in [1.54, 1.807) is 30.5 Å². The van der Waals surface area contributed by atoms with Gasteiger partial charge < -0.3 is 10.6 Å². The van der Waals surface area contributed by atoms with E-state index in [0.717, 1.165) is 15.8 Å². The van der Waals surface area contributed by atoms with Crippen LogP contribution in [0.1, 0.15) is 33.7 Å². The average molecular weight is 393 g/mol. The van der Waals surface area contributed by atoms with Crippen LogP contribution < -0.4 is 10.6 Å². The highest BCUT2D eigenvalue weighted by Crippen LogP contribution is 2.45. The summed E-state index contributed by atoms with van der Waals surface area (Å²) < 4.78 is 41.6. The summed E-state index contributed by atoms with van der Waals surface area (Å²) in [6, 6.07) is 4.49. The molecular formula is C17H14F3N5OS. The van der Waals surface area contributed by atoms with Crippen LogP contribution in [-0.4, -0.2) is 26.8 Å². The molecule has 0 fully saturated rings. The number of fused-ring (bicyclic) bond motifs is 1. The van der Waals surface area contributed by atoms with Crippen molar-refractivity contribution in [1.29, 1.82) is 0 Å². The van der Waals surface area contributed by atoms with E-state index >= 15 is 0 Å². The Morgan fingerprint density at radius 1 is 1.30 bits per heavy atom. The van der Waals surface area contributed by atoms with Crippen LogP contribution in [-0.2, 0) is 0 Å². The van der Waals surface area contributed by atoms with Gasteiger partial charge in [-0.3, -0.25) is 9.78 Å². The van der Waals surface area contributed by atoms with E-state index in [1.165, 1.54) is 17.5 Å². The molecule has 1 amide bonds. The van der Waals surface area contributed by atoms with Crippen molar-refractivity contribution in [2.45, 2.75) is 24.7 Å². The standard InChI is InChI=1S/C17H14F3N5OS/c18-17(19,20)14-7-12(13-4-2-6-27-13)24-15-11(9-22-25(14)15)16(26)23-10-3-1-5-21-8-10/h1-6,8-9,12,14,24H,7H2,(H,23,26). The second-order valence-corrected chi connectivity index (χ2v) is 7.03. The molecule has 3 aromatic heterocycles. The number of aromatic nitrogens is 3. The van der Waals surface area contributed by atoms with Gasteiger partial charge in [0.15, 0.2) is 6.04 Å². The van der Waals surface area contributed by atoms with Gasteiger partial charge in [-0.2, -0.15) is 18.3 Å². The molecule has 2 N–H and O–H groups in total. The highest BCUT2D eigenvalue weighted by atomic mass is 32.1. The topological polar surface area (TPSA) is 71.8 Å². The largest absolute Gasteiger partial charge is 0.410 e. The fraction of sp³-hybridized carbons (Fsp3) is 0.235. The van der Waals surface area contributed by atoms with Gasteiger partial charge in [0.2, 0.25) is 0 Å². The van der Waals surface area contributed by atoms with Crippen molar-refractivity contribution in [3.05, 3.63) is 58.7 Å². The Bertz CT molecular complexity index is 939. The van der Waals surface area contributed by atoms with E-state index in [9.17, 15) is 18.0 Å². The average Bonchev–Trinajstić information content (AvgIpc) is 3.30. The van der Waals surface area contributed by atoms with Crippen molar-refractivity contribution in [2.75, 3.05) is 10.6 Å². The van der Waals surface area contributed by atoms with Crippen LogP contribution >= 0.6 is 11.3 Å². The van der Waals surface area contributed by atoms with E-state index < -0.39 is 24.2 Å². The molecule has 140 valence electrons. The first-order valence-electron chi connectivity index (χ1n) is 8.09. The van der Waals surface area contributed by atoms with Crippen molar-refractivity contribution < 1.29 is 18.0 Å². The Labute approximate surface area is 156 Å². The molecule has 6 nitrogen and oxygen atoms in total. The minimum absolute atomic E-state index is 0.0503. The number of amides is 1. The number of nitrogens with one attached hydrogen (secondary N) is 2. The Kier molecular flexibility index (Phi) is 4.34. The molecule has 0 spiro atoms. The lowest BCUT2D eigenvalue weighted by Crippen LogP contribution is -2.36. The molecule has 4 rings (SSSR count). The molecule has 10 heteroatoms. The fourth-order valence-corrected chi connectivity index (χ4v) is 3.83. The Balaban J connectivity index is 1.69. The van der Waals surface area contributed by atoms with Crippen molar-refractivity contribution in [3.8, 4) is 0 Å². The molecule has 4 heterocycles. The molecule has 0 aliphatic carbocycles. The first-order chi connectivity index (χ1) is 12.9. The lowest BCUT2D eigenvalue weighted by molar-refractivity contribution is -0.173. The van der Waals surface area contributed by atoms with Gasteiger partial charge in [0, 0.05) is 17.5 Å². The van der Waals surface area contributed by atoms with Crippen LogP contribution in [0.4, 0.5) is 24.7 Å². The van der Waals surface area contributed by atoms with Crippen LogP contribution in [0, 0.1) is 0 Å². The highest BCUT2D eigenvalue weighted by Gasteiger charge is 2.47. The number of anilines is 2. The second kappa shape index (κ2) is 6.69. The molecule has 0 saturated heterocycles. The fourth-order valence-electron chi connectivity index (χ4n) is 3.04. The normalized spacial score (nSPS) is 19.2. The minimum atomic E-state index is -4.48. The lowest BCUT2D eigenvalue weighted by Gasteiger charge is -2.33. The Morgan fingerprint density at radius 2 is 2.15 bits per heavy atom. The number of halogens is 3. The van der Waals surface area contributed by atoms with E-state index in [0.29, 0.717) is 5.69 Å². The zero-order valence-corrected chi connectivity index (χ0v) is 14.6. The van der Waals surface area contributed by atoms with Crippen molar-refractivity contribution in [1.82, 2.24) is 14.8 Å². The number of thiophene rings is 1. The minimum Gasteiger partial charge on any atom is -0.362 e. The third kappa shape index (κ3) is 3.39.